The highest BCUT2D eigenvalue weighted by molar-refractivity contribution is 7.92. The van der Waals surface area contributed by atoms with Gasteiger partial charge < -0.3 is 15.3 Å². The van der Waals surface area contributed by atoms with Gasteiger partial charge in [0.15, 0.2) is 5.82 Å². The lowest BCUT2D eigenvalue weighted by atomic mass is 10.0. The van der Waals surface area contributed by atoms with Gasteiger partial charge >= 0.3 is 0 Å². The van der Waals surface area contributed by atoms with E-state index >= 15 is 0 Å². The number of thiazole rings is 1. The maximum absolute atomic E-state index is 14.7. The van der Waals surface area contributed by atoms with Crippen molar-refractivity contribution in [2.24, 2.45) is 0 Å². The van der Waals surface area contributed by atoms with Gasteiger partial charge in [-0.25, -0.2) is 17.8 Å². The van der Waals surface area contributed by atoms with Crippen LogP contribution in [0.25, 0.3) is 0 Å². The summed E-state index contributed by atoms with van der Waals surface area (Å²) in [5.41, 5.74) is 3.95. The quantitative estimate of drug-likeness (QED) is 0.374. The summed E-state index contributed by atoms with van der Waals surface area (Å²) in [4.78, 5) is 13.7. The Morgan fingerprint density at radius 2 is 2.00 bits per heavy atom. The van der Waals surface area contributed by atoms with Gasteiger partial charge in [-0.15, -0.1) is 11.3 Å². The molecule has 0 saturated heterocycles. The number of hydrogen-bond acceptors (Lipinski definition) is 7. The standard InChI is InChI=1S/C20H22ClFN4O2S2.CH2O2/c1-13(15-6-4-5-14(7-15)10-26(2)3)24-18-9-17(22)19(8-16(18)21)30(27,28)25-20-11-29-12-23-20;2-1-3/h4-9,11-13,24-25H,10H2,1-3H3;1H,(H,2,3)/t13-;/m0./s1. The van der Waals surface area contributed by atoms with Crippen LogP contribution >= 0.6 is 22.9 Å². The Kier molecular flexibility index (Phi) is 9.59. The van der Waals surface area contributed by atoms with E-state index in [9.17, 15) is 12.8 Å². The number of anilines is 2. The minimum atomic E-state index is -4.15. The molecule has 1 atom stereocenters. The first-order valence-corrected chi connectivity index (χ1v) is 12.4. The van der Waals surface area contributed by atoms with Gasteiger partial charge in [-0.1, -0.05) is 35.9 Å². The van der Waals surface area contributed by atoms with E-state index in [4.69, 9.17) is 21.5 Å². The Morgan fingerprint density at radius 1 is 1.30 bits per heavy atom. The molecule has 12 heteroatoms. The second-order valence-corrected chi connectivity index (χ2v) is 9.97. The average molecular weight is 515 g/mol. The van der Waals surface area contributed by atoms with Crippen molar-refractivity contribution in [2.75, 3.05) is 24.1 Å². The van der Waals surface area contributed by atoms with Gasteiger partial charge in [-0.05, 0) is 44.3 Å². The maximum atomic E-state index is 14.7. The molecule has 3 aromatic rings. The monoisotopic (exact) mass is 514 g/mol. The third kappa shape index (κ3) is 7.67. The van der Waals surface area contributed by atoms with Crippen LogP contribution in [0.2, 0.25) is 5.02 Å². The molecule has 1 aromatic heterocycles. The van der Waals surface area contributed by atoms with Crippen LogP contribution in [-0.2, 0) is 21.4 Å². The highest BCUT2D eigenvalue weighted by Crippen LogP contribution is 2.31. The molecule has 0 aliphatic rings. The van der Waals surface area contributed by atoms with Crippen molar-refractivity contribution in [1.29, 1.82) is 0 Å². The molecule has 0 spiro atoms. The number of nitrogens with zero attached hydrogens (tertiary/aromatic N) is 2. The summed E-state index contributed by atoms with van der Waals surface area (Å²) in [6.45, 7) is 2.48. The Bertz CT molecular complexity index is 1180. The molecule has 8 nitrogen and oxygen atoms in total. The smallest absolute Gasteiger partial charge is 0.290 e. The molecule has 33 heavy (non-hydrogen) atoms. The van der Waals surface area contributed by atoms with E-state index in [1.807, 2.05) is 39.2 Å². The zero-order chi connectivity index (χ0) is 24.6. The summed E-state index contributed by atoms with van der Waals surface area (Å²) < 4.78 is 41.9. The molecule has 1 heterocycles. The van der Waals surface area contributed by atoms with Crippen LogP contribution in [0.3, 0.4) is 0 Å². The van der Waals surface area contributed by atoms with Gasteiger partial charge in [-0.2, -0.15) is 0 Å². The number of hydrogen-bond donors (Lipinski definition) is 3. The number of benzene rings is 2. The molecule has 3 N–H and O–H groups in total. The molecule has 0 aliphatic carbocycles. The summed E-state index contributed by atoms with van der Waals surface area (Å²) in [6.07, 6.45) is 0. The van der Waals surface area contributed by atoms with Crippen molar-refractivity contribution in [2.45, 2.75) is 24.4 Å². The lowest BCUT2D eigenvalue weighted by Gasteiger charge is -2.19. The summed E-state index contributed by atoms with van der Waals surface area (Å²) >= 11 is 7.50. The molecular weight excluding hydrogens is 491 g/mol. The van der Waals surface area contributed by atoms with E-state index in [-0.39, 0.29) is 23.4 Å². The number of nitrogens with one attached hydrogen (secondary N) is 2. The fourth-order valence-corrected chi connectivity index (χ4v) is 4.87. The number of carbonyl (C=O) groups is 1. The second-order valence-electron chi connectivity index (χ2n) is 7.20. The maximum Gasteiger partial charge on any atom is 0.290 e. The largest absolute Gasteiger partial charge is 0.483 e. The number of halogens is 2. The highest BCUT2D eigenvalue weighted by Gasteiger charge is 2.23. The van der Waals surface area contributed by atoms with Crippen molar-refractivity contribution in [3.63, 3.8) is 0 Å². The van der Waals surface area contributed by atoms with Crippen molar-refractivity contribution in [3.8, 4) is 0 Å². The van der Waals surface area contributed by atoms with Gasteiger partial charge in [-0.3, -0.25) is 9.52 Å². The van der Waals surface area contributed by atoms with Gasteiger partial charge in [0.2, 0.25) is 0 Å². The van der Waals surface area contributed by atoms with Crippen LogP contribution in [0, 0.1) is 5.82 Å². The zero-order valence-corrected chi connectivity index (χ0v) is 20.5. The molecule has 0 unspecified atom stereocenters. The first-order chi connectivity index (χ1) is 15.6. The van der Waals surface area contributed by atoms with E-state index in [0.717, 1.165) is 29.8 Å². The normalized spacial score (nSPS) is 11.9. The predicted molar refractivity (Wildman–Crippen MR) is 129 cm³/mol. The SMILES string of the molecule is C[C@H](Nc1cc(F)c(S(=O)(=O)Nc2cscn2)cc1Cl)c1cccc(CN(C)C)c1.O=CO. The van der Waals surface area contributed by atoms with Crippen molar-refractivity contribution < 1.29 is 22.7 Å². The van der Waals surface area contributed by atoms with Crippen molar-refractivity contribution in [3.05, 3.63) is 69.3 Å². The lowest BCUT2D eigenvalue weighted by molar-refractivity contribution is -0.122. The Hall–Kier alpha value is -2.73. The minimum Gasteiger partial charge on any atom is -0.483 e. The molecule has 178 valence electrons. The number of carboxylic acid groups (broad SMARTS) is 1. The lowest BCUT2D eigenvalue weighted by Crippen LogP contribution is -2.16. The number of aromatic nitrogens is 1. The number of sulfonamides is 1. The van der Waals surface area contributed by atoms with Crippen LogP contribution in [0.15, 0.2) is 52.2 Å². The van der Waals surface area contributed by atoms with Gasteiger partial charge in [0, 0.05) is 18.0 Å². The topological polar surface area (TPSA) is 112 Å². The van der Waals surface area contributed by atoms with Crippen LogP contribution in [-0.4, -0.2) is 44.0 Å². The zero-order valence-electron chi connectivity index (χ0n) is 18.1. The predicted octanol–water partition coefficient (Wildman–Crippen LogP) is 4.67. The molecular formula is C21H24ClFN4O4S2. The van der Waals surface area contributed by atoms with E-state index in [1.165, 1.54) is 22.2 Å². The molecule has 0 aliphatic heterocycles. The summed E-state index contributed by atoms with van der Waals surface area (Å²) in [7, 11) is -0.157. The van der Waals surface area contributed by atoms with Gasteiger partial charge in [0.1, 0.15) is 10.7 Å². The van der Waals surface area contributed by atoms with E-state index < -0.39 is 20.7 Å². The Balaban J connectivity index is 0.00000122. The van der Waals surface area contributed by atoms with Gasteiger partial charge in [0.05, 0.1) is 16.2 Å². The summed E-state index contributed by atoms with van der Waals surface area (Å²) in [5, 5.41) is 11.7. The molecule has 0 bridgehead atoms. The molecule has 0 fully saturated rings. The molecule has 0 amide bonds. The van der Waals surface area contributed by atoms with Gasteiger partial charge in [0.25, 0.3) is 16.5 Å². The van der Waals surface area contributed by atoms with E-state index in [1.54, 1.807) is 0 Å². The number of rotatable bonds is 8. The van der Waals surface area contributed by atoms with E-state index in [2.05, 4.69) is 26.0 Å². The first kappa shape index (κ1) is 26.5. The van der Waals surface area contributed by atoms with Crippen LogP contribution < -0.4 is 10.0 Å². The third-order valence-electron chi connectivity index (χ3n) is 4.30. The highest BCUT2D eigenvalue weighted by atomic mass is 35.5. The van der Waals surface area contributed by atoms with Crippen LogP contribution in [0.5, 0.6) is 0 Å². The fourth-order valence-electron chi connectivity index (χ4n) is 2.94. The van der Waals surface area contributed by atoms with E-state index in [0.29, 0.717) is 5.69 Å². The fraction of sp³-hybridized carbons (Fsp3) is 0.238. The second kappa shape index (κ2) is 11.9. The van der Waals surface area contributed by atoms with Crippen molar-refractivity contribution >= 4 is 50.9 Å². The minimum absolute atomic E-state index is 0.103. The molecule has 0 radical (unpaired) electrons. The summed E-state index contributed by atoms with van der Waals surface area (Å²) in [6, 6.07) is 10.1. The molecule has 3 rings (SSSR count). The Morgan fingerprint density at radius 3 is 2.61 bits per heavy atom. The molecule has 2 aromatic carbocycles. The van der Waals surface area contributed by atoms with Crippen LogP contribution in [0.4, 0.5) is 15.9 Å². The Labute approximate surface area is 201 Å². The first-order valence-electron chi connectivity index (χ1n) is 9.55. The van der Waals surface area contributed by atoms with Crippen LogP contribution in [0.1, 0.15) is 24.1 Å². The summed E-state index contributed by atoms with van der Waals surface area (Å²) in [5.74, 6) is -0.776. The third-order valence-corrected chi connectivity index (χ3v) is 6.57. The molecule has 0 saturated carbocycles. The van der Waals surface area contributed by atoms with Crippen molar-refractivity contribution in [1.82, 2.24) is 9.88 Å². The average Bonchev–Trinajstić information content (AvgIpc) is 3.23.